The average molecular weight is 258 g/mol. The molecule has 0 fully saturated rings. The van der Waals surface area contributed by atoms with Crippen LogP contribution in [0, 0.1) is 0 Å². The lowest BCUT2D eigenvalue weighted by Crippen LogP contribution is -2.19. The van der Waals surface area contributed by atoms with Gasteiger partial charge >= 0.3 is 0 Å². The molecule has 0 saturated carbocycles. The third-order valence-electron chi connectivity index (χ3n) is 3.13. The summed E-state index contributed by atoms with van der Waals surface area (Å²) in [5.74, 6) is 1.96. The molecular formula is C16H22N2O. The minimum Gasteiger partial charge on any atom is -0.493 e. The molecule has 0 aromatic heterocycles. The van der Waals surface area contributed by atoms with Gasteiger partial charge in [0.2, 0.25) is 0 Å². The van der Waals surface area contributed by atoms with Gasteiger partial charge in [-0.15, -0.1) is 6.58 Å². The highest BCUT2D eigenvalue weighted by atomic mass is 16.5. The van der Waals surface area contributed by atoms with Crippen LogP contribution in [0.3, 0.4) is 0 Å². The van der Waals surface area contributed by atoms with Gasteiger partial charge in [0.05, 0.1) is 13.2 Å². The highest BCUT2D eigenvalue weighted by Crippen LogP contribution is 2.22. The van der Waals surface area contributed by atoms with Crippen molar-refractivity contribution in [2.45, 2.75) is 26.2 Å². The second-order valence-corrected chi connectivity index (χ2v) is 4.67. The Morgan fingerprint density at radius 3 is 3.05 bits per heavy atom. The number of hydrogen-bond donors (Lipinski definition) is 1. The van der Waals surface area contributed by atoms with E-state index in [0.29, 0.717) is 0 Å². The second kappa shape index (κ2) is 6.98. The third kappa shape index (κ3) is 3.60. The summed E-state index contributed by atoms with van der Waals surface area (Å²) in [5.41, 5.74) is 2.32. The number of allylic oxidation sites excluding steroid dienone is 1. The summed E-state index contributed by atoms with van der Waals surface area (Å²) >= 11 is 0. The van der Waals surface area contributed by atoms with E-state index in [2.05, 4.69) is 35.9 Å². The van der Waals surface area contributed by atoms with Gasteiger partial charge in [-0.05, 0) is 36.6 Å². The molecule has 1 aromatic carbocycles. The predicted molar refractivity (Wildman–Crippen MR) is 80.2 cm³/mol. The lowest BCUT2D eigenvalue weighted by molar-refractivity contribution is 0.307. The van der Waals surface area contributed by atoms with Gasteiger partial charge in [0.25, 0.3) is 0 Å². The fourth-order valence-corrected chi connectivity index (χ4v) is 2.10. The van der Waals surface area contributed by atoms with Crippen molar-refractivity contribution in [2.75, 3.05) is 19.7 Å². The summed E-state index contributed by atoms with van der Waals surface area (Å²) in [4.78, 5) is 4.45. The van der Waals surface area contributed by atoms with Crippen molar-refractivity contribution in [3.05, 3.63) is 42.0 Å². The van der Waals surface area contributed by atoms with E-state index in [-0.39, 0.29) is 0 Å². The van der Waals surface area contributed by atoms with Crippen molar-refractivity contribution in [2.24, 2.45) is 4.99 Å². The zero-order valence-corrected chi connectivity index (χ0v) is 11.6. The van der Waals surface area contributed by atoms with Crippen LogP contribution in [0.1, 0.15) is 30.9 Å². The Balaban J connectivity index is 2.16. The molecule has 1 aliphatic rings. The van der Waals surface area contributed by atoms with E-state index in [4.69, 9.17) is 4.74 Å². The topological polar surface area (TPSA) is 33.6 Å². The normalized spacial score (nSPS) is 13.8. The highest BCUT2D eigenvalue weighted by Gasteiger charge is 2.11. The molecule has 0 atom stereocenters. The van der Waals surface area contributed by atoms with E-state index in [0.717, 1.165) is 56.1 Å². The van der Waals surface area contributed by atoms with Crippen molar-refractivity contribution in [3.8, 4) is 5.75 Å². The molecule has 0 saturated heterocycles. The number of hydrogen-bond acceptors (Lipinski definition) is 3. The van der Waals surface area contributed by atoms with Crippen LogP contribution in [-0.4, -0.2) is 25.5 Å². The molecule has 3 heteroatoms. The van der Waals surface area contributed by atoms with Gasteiger partial charge in [-0.25, -0.2) is 0 Å². The standard InChI is InChI=1S/C16H22N2O/c1-3-5-11-19-15-8-7-14(12-13(15)6-4-2)16-17-9-10-18-16/h4,7-8,12H,2-3,5-6,9-11H2,1H3,(H,17,18). The maximum absolute atomic E-state index is 5.84. The first-order chi connectivity index (χ1) is 9.35. The van der Waals surface area contributed by atoms with Crippen molar-refractivity contribution in [3.63, 3.8) is 0 Å². The van der Waals surface area contributed by atoms with Crippen molar-refractivity contribution in [1.82, 2.24) is 5.32 Å². The molecule has 2 rings (SSSR count). The fraction of sp³-hybridized carbons (Fsp3) is 0.438. The molecule has 0 radical (unpaired) electrons. The molecular weight excluding hydrogens is 236 g/mol. The molecule has 1 N–H and O–H groups in total. The molecule has 3 nitrogen and oxygen atoms in total. The van der Waals surface area contributed by atoms with Gasteiger partial charge < -0.3 is 10.1 Å². The Labute approximate surface area is 115 Å². The lowest BCUT2D eigenvalue weighted by Gasteiger charge is -2.12. The Bertz CT molecular complexity index is 466. The maximum atomic E-state index is 5.84. The smallest absolute Gasteiger partial charge is 0.128 e. The Morgan fingerprint density at radius 1 is 1.47 bits per heavy atom. The monoisotopic (exact) mass is 258 g/mol. The van der Waals surface area contributed by atoms with E-state index in [9.17, 15) is 0 Å². The molecule has 0 unspecified atom stereocenters. The van der Waals surface area contributed by atoms with Crippen LogP contribution in [0.25, 0.3) is 0 Å². The number of nitrogens with zero attached hydrogens (tertiary/aromatic N) is 1. The summed E-state index contributed by atoms with van der Waals surface area (Å²) in [7, 11) is 0. The zero-order chi connectivity index (χ0) is 13.5. The van der Waals surface area contributed by atoms with E-state index in [1.54, 1.807) is 0 Å². The summed E-state index contributed by atoms with van der Waals surface area (Å²) in [5, 5.41) is 3.30. The van der Waals surface area contributed by atoms with E-state index >= 15 is 0 Å². The molecule has 19 heavy (non-hydrogen) atoms. The number of aliphatic imine (C=N–C) groups is 1. The molecule has 0 bridgehead atoms. The van der Waals surface area contributed by atoms with Gasteiger partial charge in [-0.2, -0.15) is 0 Å². The van der Waals surface area contributed by atoms with Crippen LogP contribution in [0.2, 0.25) is 0 Å². The first-order valence-electron chi connectivity index (χ1n) is 7.00. The molecule has 0 aliphatic carbocycles. The summed E-state index contributed by atoms with van der Waals surface area (Å²) in [6.07, 6.45) is 4.97. The number of ether oxygens (including phenoxy) is 1. The third-order valence-corrected chi connectivity index (χ3v) is 3.13. The van der Waals surface area contributed by atoms with Crippen molar-refractivity contribution >= 4 is 5.84 Å². The van der Waals surface area contributed by atoms with Crippen LogP contribution in [0.15, 0.2) is 35.8 Å². The average Bonchev–Trinajstić information content (AvgIpc) is 2.95. The predicted octanol–water partition coefficient (Wildman–Crippen LogP) is 2.94. The number of nitrogens with one attached hydrogen (secondary N) is 1. The molecule has 102 valence electrons. The maximum Gasteiger partial charge on any atom is 0.128 e. The van der Waals surface area contributed by atoms with E-state index in [1.165, 1.54) is 5.56 Å². The lowest BCUT2D eigenvalue weighted by atomic mass is 10.1. The molecule has 1 aliphatic heterocycles. The van der Waals surface area contributed by atoms with Crippen molar-refractivity contribution < 1.29 is 4.74 Å². The quantitative estimate of drug-likeness (QED) is 0.602. The van der Waals surface area contributed by atoms with Crippen LogP contribution >= 0.6 is 0 Å². The molecule has 1 heterocycles. The Kier molecular flexibility index (Phi) is 5.01. The van der Waals surface area contributed by atoms with Gasteiger partial charge in [0.15, 0.2) is 0 Å². The number of benzene rings is 1. The highest BCUT2D eigenvalue weighted by molar-refractivity contribution is 6.00. The summed E-state index contributed by atoms with van der Waals surface area (Å²) in [6, 6.07) is 6.28. The summed E-state index contributed by atoms with van der Waals surface area (Å²) < 4.78 is 5.84. The largest absolute Gasteiger partial charge is 0.493 e. The van der Waals surface area contributed by atoms with Crippen LogP contribution < -0.4 is 10.1 Å². The Hall–Kier alpha value is -1.77. The van der Waals surface area contributed by atoms with Gasteiger partial charge in [-0.3, -0.25) is 4.99 Å². The Morgan fingerprint density at radius 2 is 2.37 bits per heavy atom. The van der Waals surface area contributed by atoms with Gasteiger partial charge in [-0.1, -0.05) is 19.4 Å². The SMILES string of the molecule is C=CCc1cc(C2=NCCN2)ccc1OCCCC. The van der Waals surface area contributed by atoms with Crippen LogP contribution in [-0.2, 0) is 6.42 Å². The minimum absolute atomic E-state index is 0.777. The van der Waals surface area contributed by atoms with Crippen LogP contribution in [0.5, 0.6) is 5.75 Å². The molecule has 0 amide bonds. The van der Waals surface area contributed by atoms with Crippen LogP contribution in [0.4, 0.5) is 0 Å². The number of unbranched alkanes of at least 4 members (excludes halogenated alkanes) is 1. The second-order valence-electron chi connectivity index (χ2n) is 4.67. The van der Waals surface area contributed by atoms with Crippen molar-refractivity contribution in [1.29, 1.82) is 0 Å². The first kappa shape index (κ1) is 13.7. The first-order valence-corrected chi connectivity index (χ1v) is 7.00. The molecule has 0 spiro atoms. The number of rotatable bonds is 7. The number of amidine groups is 1. The minimum atomic E-state index is 0.777. The van der Waals surface area contributed by atoms with E-state index < -0.39 is 0 Å². The van der Waals surface area contributed by atoms with Gasteiger partial charge in [0.1, 0.15) is 11.6 Å². The fourth-order valence-electron chi connectivity index (χ4n) is 2.10. The zero-order valence-electron chi connectivity index (χ0n) is 11.6. The summed E-state index contributed by atoms with van der Waals surface area (Å²) in [6.45, 7) is 8.56. The molecule has 1 aromatic rings. The van der Waals surface area contributed by atoms with E-state index in [1.807, 2.05) is 12.1 Å². The van der Waals surface area contributed by atoms with Gasteiger partial charge in [0, 0.05) is 12.1 Å².